The second-order valence-electron chi connectivity index (χ2n) is 4.31. The second kappa shape index (κ2) is 5.72. The molecule has 1 amide bonds. The molecule has 8 heteroatoms. The number of halogens is 3. The zero-order valence-corrected chi connectivity index (χ0v) is 15.4. The summed E-state index contributed by atoms with van der Waals surface area (Å²) in [4.78, 5) is 17.2. The van der Waals surface area contributed by atoms with Gasteiger partial charge in [0.2, 0.25) is 5.95 Å². The summed E-state index contributed by atoms with van der Waals surface area (Å²) in [5.41, 5.74) is 1.65. The van der Waals surface area contributed by atoms with E-state index in [-0.39, 0.29) is 5.91 Å². The van der Waals surface area contributed by atoms with Crippen molar-refractivity contribution in [2.45, 2.75) is 0 Å². The Morgan fingerprint density at radius 3 is 2.81 bits per heavy atom. The molecule has 0 spiro atoms. The van der Waals surface area contributed by atoms with E-state index in [4.69, 9.17) is 11.6 Å². The van der Waals surface area contributed by atoms with E-state index in [1.807, 2.05) is 17.7 Å². The van der Waals surface area contributed by atoms with Crippen molar-refractivity contribution in [2.24, 2.45) is 7.05 Å². The number of carbonyl (C=O) groups excluding carboxylic acids is 1. The van der Waals surface area contributed by atoms with Gasteiger partial charge in [-0.3, -0.25) is 10.1 Å². The summed E-state index contributed by atoms with van der Waals surface area (Å²) in [6.07, 6.45) is 0. The number of thiophene rings is 1. The van der Waals surface area contributed by atoms with Crippen molar-refractivity contribution in [3.8, 4) is 0 Å². The molecule has 21 heavy (non-hydrogen) atoms. The molecule has 4 nitrogen and oxygen atoms in total. The fourth-order valence-electron chi connectivity index (χ4n) is 1.91. The minimum Gasteiger partial charge on any atom is -0.313 e. The molecule has 0 fully saturated rings. The number of nitrogens with one attached hydrogen (secondary N) is 1. The molecule has 0 aliphatic carbocycles. The topological polar surface area (TPSA) is 46.9 Å². The number of aryl methyl sites for hydroxylation is 1. The lowest BCUT2D eigenvalue weighted by atomic mass is 10.3. The molecule has 0 atom stereocenters. The van der Waals surface area contributed by atoms with Gasteiger partial charge in [0, 0.05) is 16.5 Å². The van der Waals surface area contributed by atoms with Crippen molar-refractivity contribution < 1.29 is 4.79 Å². The lowest BCUT2D eigenvalue weighted by molar-refractivity contribution is 0.102. The first-order valence-corrected chi connectivity index (χ1v) is 8.62. The number of benzene rings is 1. The molecule has 1 aromatic carbocycles. The van der Waals surface area contributed by atoms with Crippen molar-refractivity contribution in [1.82, 2.24) is 9.55 Å². The van der Waals surface area contributed by atoms with E-state index in [9.17, 15) is 4.79 Å². The van der Waals surface area contributed by atoms with Crippen LogP contribution in [0, 0.1) is 0 Å². The molecule has 0 saturated heterocycles. The van der Waals surface area contributed by atoms with E-state index < -0.39 is 0 Å². The van der Waals surface area contributed by atoms with Gasteiger partial charge in [-0.15, -0.1) is 11.3 Å². The van der Waals surface area contributed by atoms with Crippen LogP contribution in [0.2, 0.25) is 5.02 Å². The first-order chi connectivity index (χ1) is 9.95. The lowest BCUT2D eigenvalue weighted by Gasteiger charge is -2.03. The largest absolute Gasteiger partial charge is 0.313 e. The smallest absolute Gasteiger partial charge is 0.268 e. The van der Waals surface area contributed by atoms with Crippen molar-refractivity contribution >= 4 is 77.7 Å². The fraction of sp³-hybridized carbons (Fsp3) is 0.0769. The van der Waals surface area contributed by atoms with Crippen molar-refractivity contribution in [1.29, 1.82) is 0 Å². The Hall–Kier alpha value is -0.890. The van der Waals surface area contributed by atoms with Gasteiger partial charge < -0.3 is 4.57 Å². The molecule has 1 N–H and O–H groups in total. The van der Waals surface area contributed by atoms with Gasteiger partial charge in [0.1, 0.15) is 0 Å². The number of rotatable bonds is 2. The third-order valence-corrected chi connectivity index (χ3v) is 6.43. The Bertz CT molecular complexity index is 839. The van der Waals surface area contributed by atoms with Gasteiger partial charge in [-0.2, -0.15) is 0 Å². The fourth-order valence-corrected chi connectivity index (χ4v) is 4.00. The van der Waals surface area contributed by atoms with E-state index >= 15 is 0 Å². The number of imidazole rings is 1. The summed E-state index contributed by atoms with van der Waals surface area (Å²) in [6, 6.07) is 7.21. The molecule has 0 unspecified atom stereocenters. The molecule has 3 rings (SSSR count). The van der Waals surface area contributed by atoms with Gasteiger partial charge in [-0.05, 0) is 56.1 Å². The maximum Gasteiger partial charge on any atom is 0.268 e. The summed E-state index contributed by atoms with van der Waals surface area (Å²) in [5, 5.41) is 3.43. The molecular formula is C13H8Br2ClN3OS. The quantitative estimate of drug-likeness (QED) is 0.594. The monoisotopic (exact) mass is 447 g/mol. The normalized spacial score (nSPS) is 11.0. The SMILES string of the molecule is Cn1c(NC(=O)c2cc(Br)c(Br)s2)nc2cc(Cl)ccc21. The van der Waals surface area contributed by atoms with Crippen LogP contribution in [0.25, 0.3) is 11.0 Å². The van der Waals surface area contributed by atoms with Gasteiger partial charge in [-0.25, -0.2) is 4.98 Å². The minimum atomic E-state index is -0.198. The van der Waals surface area contributed by atoms with Crippen molar-refractivity contribution in [3.05, 3.63) is 42.4 Å². The maximum absolute atomic E-state index is 12.3. The van der Waals surface area contributed by atoms with Crippen molar-refractivity contribution in [3.63, 3.8) is 0 Å². The Balaban J connectivity index is 1.94. The van der Waals surface area contributed by atoms with E-state index in [0.717, 1.165) is 19.3 Å². The molecule has 0 saturated carbocycles. The average molecular weight is 450 g/mol. The second-order valence-corrected chi connectivity index (χ2v) is 7.97. The lowest BCUT2D eigenvalue weighted by Crippen LogP contribution is -2.13. The summed E-state index contributed by atoms with van der Waals surface area (Å²) in [7, 11) is 1.85. The Kier molecular flexibility index (Phi) is 4.09. The van der Waals surface area contributed by atoms with Gasteiger partial charge in [0.05, 0.1) is 19.7 Å². The van der Waals surface area contributed by atoms with Crippen LogP contribution in [0.3, 0.4) is 0 Å². The number of hydrogen-bond donors (Lipinski definition) is 1. The summed E-state index contributed by atoms with van der Waals surface area (Å²) in [6.45, 7) is 0. The third-order valence-electron chi connectivity index (χ3n) is 2.94. The number of anilines is 1. The molecular weight excluding hydrogens is 441 g/mol. The summed E-state index contributed by atoms with van der Waals surface area (Å²) < 4.78 is 3.56. The highest BCUT2D eigenvalue weighted by atomic mass is 79.9. The molecule has 2 aromatic heterocycles. The number of fused-ring (bicyclic) bond motifs is 1. The molecule has 3 aromatic rings. The van der Waals surface area contributed by atoms with Crippen LogP contribution in [0.1, 0.15) is 9.67 Å². The number of aromatic nitrogens is 2. The Morgan fingerprint density at radius 1 is 1.38 bits per heavy atom. The Morgan fingerprint density at radius 2 is 2.14 bits per heavy atom. The number of hydrogen-bond acceptors (Lipinski definition) is 3. The zero-order chi connectivity index (χ0) is 15.1. The van der Waals surface area contributed by atoms with E-state index in [1.54, 1.807) is 18.2 Å². The van der Waals surface area contributed by atoms with E-state index in [0.29, 0.717) is 15.8 Å². The van der Waals surface area contributed by atoms with E-state index in [2.05, 4.69) is 42.2 Å². The molecule has 2 heterocycles. The number of nitrogens with zero attached hydrogens (tertiary/aromatic N) is 2. The first kappa shape index (κ1) is 15.0. The number of amides is 1. The summed E-state index contributed by atoms with van der Waals surface area (Å²) in [5.74, 6) is 0.286. The van der Waals surface area contributed by atoms with Gasteiger partial charge in [0.15, 0.2) is 0 Å². The first-order valence-electron chi connectivity index (χ1n) is 5.84. The molecule has 0 aliphatic rings. The van der Waals surface area contributed by atoms with Gasteiger partial charge >= 0.3 is 0 Å². The van der Waals surface area contributed by atoms with Crippen LogP contribution >= 0.6 is 54.8 Å². The highest BCUT2D eigenvalue weighted by molar-refractivity contribution is 9.13. The van der Waals surface area contributed by atoms with Crippen LogP contribution < -0.4 is 5.32 Å². The molecule has 108 valence electrons. The van der Waals surface area contributed by atoms with Crippen LogP contribution in [0.5, 0.6) is 0 Å². The summed E-state index contributed by atoms with van der Waals surface area (Å²) >= 11 is 14.1. The zero-order valence-electron chi connectivity index (χ0n) is 10.7. The minimum absolute atomic E-state index is 0.198. The Labute approximate surface area is 146 Å². The van der Waals surface area contributed by atoms with Crippen molar-refractivity contribution in [2.75, 3.05) is 5.32 Å². The standard InChI is InChI=1S/C13H8Br2ClN3OS/c1-19-9-3-2-6(16)4-8(9)17-13(19)18-12(20)10-5-7(14)11(15)21-10/h2-5H,1H3,(H,17,18,20). The third kappa shape index (κ3) is 2.88. The highest BCUT2D eigenvalue weighted by Crippen LogP contribution is 2.32. The molecule has 0 aliphatic heterocycles. The van der Waals surface area contributed by atoms with E-state index in [1.165, 1.54) is 11.3 Å². The highest BCUT2D eigenvalue weighted by Gasteiger charge is 2.15. The van der Waals surface area contributed by atoms with Crippen LogP contribution in [-0.2, 0) is 7.05 Å². The predicted octanol–water partition coefficient (Wildman–Crippen LogP) is 5.07. The number of carbonyl (C=O) groups is 1. The van der Waals surface area contributed by atoms with Crippen LogP contribution in [0.4, 0.5) is 5.95 Å². The van der Waals surface area contributed by atoms with Crippen LogP contribution in [-0.4, -0.2) is 15.5 Å². The maximum atomic E-state index is 12.3. The average Bonchev–Trinajstić information content (AvgIpc) is 2.91. The predicted molar refractivity (Wildman–Crippen MR) is 93.4 cm³/mol. The van der Waals surface area contributed by atoms with Gasteiger partial charge in [0.25, 0.3) is 5.91 Å². The van der Waals surface area contributed by atoms with Crippen LogP contribution in [0.15, 0.2) is 32.5 Å². The molecule has 0 radical (unpaired) electrons. The molecule has 0 bridgehead atoms. The van der Waals surface area contributed by atoms with Gasteiger partial charge in [-0.1, -0.05) is 11.6 Å².